The number of nitrogens with zero attached hydrogens (tertiary/aromatic N) is 2. The Labute approximate surface area is 173 Å². The van der Waals surface area contributed by atoms with Crippen LogP contribution in [0.15, 0.2) is 96.2 Å². The Morgan fingerprint density at radius 3 is 2.50 bits per heavy atom. The molecule has 0 bridgehead atoms. The molecule has 0 atom stereocenters. The van der Waals surface area contributed by atoms with E-state index in [0.29, 0.717) is 5.56 Å². The van der Waals surface area contributed by atoms with Crippen molar-refractivity contribution in [2.24, 2.45) is 5.10 Å². The molecular weight excluding hydrogens is 372 g/mol. The van der Waals surface area contributed by atoms with Crippen molar-refractivity contribution in [3.8, 4) is 11.3 Å². The monoisotopic (exact) mass is 390 g/mol. The molecule has 144 valence electrons. The molecule has 0 aliphatic rings. The normalized spacial score (nSPS) is 11.3. The van der Waals surface area contributed by atoms with Crippen LogP contribution in [0.5, 0.6) is 0 Å². The average Bonchev–Trinajstić information content (AvgIpc) is 3.22. The second kappa shape index (κ2) is 7.64. The molecule has 0 saturated heterocycles. The fraction of sp³-hybridized carbons (Fsp3) is 0. The number of nitrogens with one attached hydrogen (secondary N) is 2. The predicted molar refractivity (Wildman–Crippen MR) is 121 cm³/mol. The zero-order valence-electron chi connectivity index (χ0n) is 16.0. The van der Waals surface area contributed by atoms with Crippen molar-refractivity contribution < 1.29 is 4.79 Å². The molecule has 2 N–H and O–H groups in total. The van der Waals surface area contributed by atoms with Crippen molar-refractivity contribution in [2.45, 2.75) is 0 Å². The summed E-state index contributed by atoms with van der Waals surface area (Å²) in [6.45, 7) is 0. The number of pyridine rings is 1. The molecule has 3 aromatic carbocycles. The first kappa shape index (κ1) is 17.8. The van der Waals surface area contributed by atoms with Crippen molar-refractivity contribution in [1.82, 2.24) is 15.4 Å². The number of fused-ring (bicyclic) bond motifs is 2. The van der Waals surface area contributed by atoms with Gasteiger partial charge in [-0.1, -0.05) is 66.7 Å². The third kappa shape index (κ3) is 3.33. The first-order valence-corrected chi connectivity index (χ1v) is 9.64. The lowest BCUT2D eigenvalue weighted by atomic mass is 10.0. The molecule has 0 spiro atoms. The number of hydrogen-bond donors (Lipinski definition) is 2. The van der Waals surface area contributed by atoms with Crippen LogP contribution in [0.3, 0.4) is 0 Å². The van der Waals surface area contributed by atoms with Gasteiger partial charge in [-0.2, -0.15) is 5.10 Å². The molecule has 5 heteroatoms. The lowest BCUT2D eigenvalue weighted by Crippen LogP contribution is -2.18. The smallest absolute Gasteiger partial charge is 0.272 e. The summed E-state index contributed by atoms with van der Waals surface area (Å²) in [6, 6.07) is 27.2. The van der Waals surface area contributed by atoms with Crippen LogP contribution in [0, 0.1) is 0 Å². The third-order valence-electron chi connectivity index (χ3n) is 5.02. The van der Waals surface area contributed by atoms with E-state index in [-0.39, 0.29) is 5.91 Å². The summed E-state index contributed by atoms with van der Waals surface area (Å²) >= 11 is 0. The van der Waals surface area contributed by atoms with E-state index in [4.69, 9.17) is 4.98 Å². The SMILES string of the molecule is O=C(N/N=C/c1c[nH]c2ccccc12)c1cc(-c2ccccc2)nc2ccccc12. The first-order chi connectivity index (χ1) is 14.8. The number of hydrazone groups is 1. The molecule has 5 rings (SSSR count). The number of aromatic nitrogens is 2. The highest BCUT2D eigenvalue weighted by Gasteiger charge is 2.13. The molecule has 0 aliphatic heterocycles. The van der Waals surface area contributed by atoms with Crippen molar-refractivity contribution in [2.75, 3.05) is 0 Å². The van der Waals surface area contributed by atoms with Crippen LogP contribution in [-0.2, 0) is 0 Å². The molecule has 0 aliphatic carbocycles. The molecule has 2 aromatic heterocycles. The highest BCUT2D eigenvalue weighted by molar-refractivity contribution is 6.07. The van der Waals surface area contributed by atoms with Gasteiger partial charge in [-0.05, 0) is 18.2 Å². The fourth-order valence-electron chi connectivity index (χ4n) is 3.54. The number of benzene rings is 3. The molecule has 0 fully saturated rings. The summed E-state index contributed by atoms with van der Waals surface area (Å²) in [5.41, 5.74) is 7.61. The Kier molecular flexibility index (Phi) is 4.54. The number of amides is 1. The zero-order chi connectivity index (χ0) is 20.3. The molecule has 2 heterocycles. The van der Waals surface area contributed by atoms with Gasteiger partial charge >= 0.3 is 0 Å². The van der Waals surface area contributed by atoms with E-state index in [2.05, 4.69) is 15.5 Å². The van der Waals surface area contributed by atoms with Gasteiger partial charge in [0.25, 0.3) is 5.91 Å². The summed E-state index contributed by atoms with van der Waals surface area (Å²) in [6.07, 6.45) is 3.52. The third-order valence-corrected chi connectivity index (χ3v) is 5.02. The Morgan fingerprint density at radius 2 is 1.63 bits per heavy atom. The van der Waals surface area contributed by atoms with E-state index in [0.717, 1.165) is 38.6 Å². The summed E-state index contributed by atoms with van der Waals surface area (Å²) in [7, 11) is 0. The van der Waals surface area contributed by atoms with E-state index in [1.165, 1.54) is 0 Å². The van der Waals surface area contributed by atoms with E-state index < -0.39 is 0 Å². The number of rotatable bonds is 4. The second-order valence-corrected chi connectivity index (χ2v) is 6.93. The maximum atomic E-state index is 13.0. The molecule has 5 aromatic rings. The number of carbonyl (C=O) groups excluding carboxylic acids is 1. The van der Waals surface area contributed by atoms with Gasteiger partial charge in [-0.25, -0.2) is 10.4 Å². The zero-order valence-corrected chi connectivity index (χ0v) is 16.0. The van der Waals surface area contributed by atoms with Crippen LogP contribution in [0.25, 0.3) is 33.1 Å². The highest BCUT2D eigenvalue weighted by atomic mass is 16.2. The summed E-state index contributed by atoms with van der Waals surface area (Å²) in [5.74, 6) is -0.276. The van der Waals surface area contributed by atoms with Crippen molar-refractivity contribution >= 4 is 33.9 Å². The van der Waals surface area contributed by atoms with Crippen molar-refractivity contribution in [3.05, 3.63) is 102 Å². The molecule has 0 radical (unpaired) electrons. The molecule has 1 amide bonds. The number of H-pyrrole nitrogens is 1. The maximum absolute atomic E-state index is 13.0. The summed E-state index contributed by atoms with van der Waals surface area (Å²) in [4.78, 5) is 20.9. The van der Waals surface area contributed by atoms with Crippen LogP contribution in [0.1, 0.15) is 15.9 Å². The van der Waals surface area contributed by atoms with Gasteiger partial charge in [-0.15, -0.1) is 0 Å². The van der Waals surface area contributed by atoms with Gasteiger partial charge in [0.05, 0.1) is 23.0 Å². The van der Waals surface area contributed by atoms with Gasteiger partial charge in [0.15, 0.2) is 0 Å². The Hall–Kier alpha value is -4.25. The molecule has 0 unspecified atom stereocenters. The lowest BCUT2D eigenvalue weighted by Gasteiger charge is -2.09. The van der Waals surface area contributed by atoms with Gasteiger partial charge in [0.2, 0.25) is 0 Å². The minimum Gasteiger partial charge on any atom is -0.361 e. The number of para-hydroxylation sites is 2. The maximum Gasteiger partial charge on any atom is 0.272 e. The van der Waals surface area contributed by atoms with Gasteiger partial charge in [0, 0.05) is 33.6 Å². The molecular formula is C25H18N4O. The summed E-state index contributed by atoms with van der Waals surface area (Å²) in [5, 5.41) is 6.03. The van der Waals surface area contributed by atoms with Crippen LogP contribution in [-0.4, -0.2) is 22.1 Å². The molecule has 5 nitrogen and oxygen atoms in total. The lowest BCUT2D eigenvalue weighted by molar-refractivity contribution is 0.0956. The molecule has 0 saturated carbocycles. The fourth-order valence-corrected chi connectivity index (χ4v) is 3.54. The Balaban J connectivity index is 1.48. The minimum atomic E-state index is -0.276. The van der Waals surface area contributed by atoms with Crippen LogP contribution >= 0.6 is 0 Å². The average molecular weight is 390 g/mol. The largest absolute Gasteiger partial charge is 0.361 e. The number of carbonyl (C=O) groups is 1. The van der Waals surface area contributed by atoms with Crippen LogP contribution < -0.4 is 5.43 Å². The van der Waals surface area contributed by atoms with Crippen LogP contribution in [0.4, 0.5) is 0 Å². The molecule has 30 heavy (non-hydrogen) atoms. The van der Waals surface area contributed by atoms with Crippen molar-refractivity contribution in [1.29, 1.82) is 0 Å². The first-order valence-electron chi connectivity index (χ1n) is 9.64. The van der Waals surface area contributed by atoms with Gasteiger partial charge in [0.1, 0.15) is 0 Å². The van der Waals surface area contributed by atoms with E-state index in [1.807, 2.05) is 91.1 Å². The Morgan fingerprint density at radius 1 is 0.900 bits per heavy atom. The second-order valence-electron chi connectivity index (χ2n) is 6.93. The Bertz CT molecular complexity index is 1390. The topological polar surface area (TPSA) is 70.1 Å². The van der Waals surface area contributed by atoms with E-state index in [9.17, 15) is 4.79 Å². The van der Waals surface area contributed by atoms with E-state index in [1.54, 1.807) is 6.21 Å². The predicted octanol–water partition coefficient (Wildman–Crippen LogP) is 5.15. The quantitative estimate of drug-likeness (QED) is 0.329. The van der Waals surface area contributed by atoms with E-state index >= 15 is 0 Å². The number of aromatic amines is 1. The highest BCUT2D eigenvalue weighted by Crippen LogP contribution is 2.24. The minimum absolute atomic E-state index is 0.276. The van der Waals surface area contributed by atoms with Gasteiger partial charge < -0.3 is 4.98 Å². The summed E-state index contributed by atoms with van der Waals surface area (Å²) < 4.78 is 0. The van der Waals surface area contributed by atoms with Crippen LogP contribution in [0.2, 0.25) is 0 Å². The van der Waals surface area contributed by atoms with Crippen molar-refractivity contribution in [3.63, 3.8) is 0 Å². The standard InChI is InChI=1S/C25H18N4O/c30-25(29-27-16-18-15-26-22-12-6-4-10-19(18)22)21-14-24(17-8-2-1-3-9-17)28-23-13-7-5-11-20(21)23/h1-16,26H,(H,29,30)/b27-16+. The number of hydrogen-bond acceptors (Lipinski definition) is 3. The van der Waals surface area contributed by atoms with Gasteiger partial charge in [-0.3, -0.25) is 4.79 Å².